The number of benzene rings is 1. The fourth-order valence-corrected chi connectivity index (χ4v) is 2.75. The van der Waals surface area contributed by atoms with Crippen LogP contribution < -0.4 is 14.4 Å². The van der Waals surface area contributed by atoms with Crippen LogP contribution in [-0.2, 0) is 0 Å². The highest BCUT2D eigenvalue weighted by Gasteiger charge is 2.16. The van der Waals surface area contributed by atoms with Crippen LogP contribution in [0, 0.1) is 0 Å². The Labute approximate surface area is 120 Å². The van der Waals surface area contributed by atoms with E-state index in [0.29, 0.717) is 23.5 Å². The molecule has 4 nitrogen and oxygen atoms in total. The van der Waals surface area contributed by atoms with Crippen molar-refractivity contribution in [3.05, 3.63) is 23.8 Å². The van der Waals surface area contributed by atoms with Crippen molar-refractivity contribution >= 4 is 5.78 Å². The average molecular weight is 278 g/mol. The molecule has 1 aliphatic heterocycles. The molecule has 0 unspecified atom stereocenters. The average Bonchev–Trinajstić information content (AvgIpc) is 2.52. The molecule has 0 radical (unpaired) electrons. The van der Waals surface area contributed by atoms with Crippen molar-refractivity contribution in [2.75, 3.05) is 33.9 Å². The maximum atomic E-state index is 12.2. The molecule has 1 saturated heterocycles. The number of hydrogen-bond acceptors (Lipinski definition) is 3. The molecule has 1 aliphatic rings. The van der Waals surface area contributed by atoms with E-state index < -0.39 is 0 Å². The Morgan fingerprint density at radius 2 is 1.80 bits per heavy atom. The van der Waals surface area contributed by atoms with Crippen LogP contribution in [0.25, 0.3) is 0 Å². The van der Waals surface area contributed by atoms with Crippen LogP contribution in [0.3, 0.4) is 0 Å². The van der Waals surface area contributed by atoms with Crippen molar-refractivity contribution in [2.45, 2.75) is 25.7 Å². The second-order valence-corrected chi connectivity index (χ2v) is 5.30. The minimum atomic E-state index is 0.184. The quantitative estimate of drug-likeness (QED) is 0.798. The minimum absolute atomic E-state index is 0.184. The summed E-state index contributed by atoms with van der Waals surface area (Å²) in [6, 6.07) is 5.38. The Hall–Kier alpha value is -1.55. The van der Waals surface area contributed by atoms with Crippen molar-refractivity contribution in [1.82, 2.24) is 0 Å². The number of methoxy groups -OCH3 is 2. The largest absolute Gasteiger partial charge is 0.493 e. The van der Waals surface area contributed by atoms with E-state index in [1.165, 1.54) is 32.4 Å². The van der Waals surface area contributed by atoms with E-state index in [2.05, 4.69) is 0 Å². The van der Waals surface area contributed by atoms with E-state index in [0.717, 1.165) is 6.54 Å². The SMILES string of the molecule is COc1ccc(C(=O)CC[NH+]2CCCCC2)cc1OC. The van der Waals surface area contributed by atoms with Gasteiger partial charge in [0.05, 0.1) is 40.3 Å². The highest BCUT2D eigenvalue weighted by molar-refractivity contribution is 5.96. The molecule has 110 valence electrons. The van der Waals surface area contributed by atoms with Gasteiger partial charge in [-0.1, -0.05) is 0 Å². The zero-order valence-electron chi connectivity index (χ0n) is 12.4. The third kappa shape index (κ3) is 3.73. The predicted octanol–water partition coefficient (Wildman–Crippen LogP) is 1.35. The number of likely N-dealkylation sites (tertiary alicyclic amines) is 1. The van der Waals surface area contributed by atoms with Gasteiger partial charge in [0.1, 0.15) is 0 Å². The van der Waals surface area contributed by atoms with Crippen LogP contribution in [0.4, 0.5) is 0 Å². The second-order valence-electron chi connectivity index (χ2n) is 5.30. The summed E-state index contributed by atoms with van der Waals surface area (Å²) >= 11 is 0. The van der Waals surface area contributed by atoms with Crippen LogP contribution in [0.5, 0.6) is 11.5 Å². The van der Waals surface area contributed by atoms with E-state index >= 15 is 0 Å². The first-order valence-electron chi connectivity index (χ1n) is 7.33. The van der Waals surface area contributed by atoms with Crippen molar-refractivity contribution in [3.8, 4) is 11.5 Å². The van der Waals surface area contributed by atoms with Crippen molar-refractivity contribution < 1.29 is 19.2 Å². The summed E-state index contributed by atoms with van der Waals surface area (Å²) in [5.74, 6) is 1.46. The van der Waals surface area contributed by atoms with Gasteiger partial charge in [-0.2, -0.15) is 0 Å². The summed E-state index contributed by atoms with van der Waals surface area (Å²) in [6.07, 6.45) is 4.53. The second kappa shape index (κ2) is 7.29. The van der Waals surface area contributed by atoms with Crippen LogP contribution in [-0.4, -0.2) is 39.6 Å². The van der Waals surface area contributed by atoms with E-state index in [9.17, 15) is 4.79 Å². The van der Waals surface area contributed by atoms with Gasteiger partial charge in [0.15, 0.2) is 17.3 Å². The molecule has 1 aromatic carbocycles. The number of carbonyl (C=O) groups excluding carboxylic acids is 1. The van der Waals surface area contributed by atoms with Crippen LogP contribution >= 0.6 is 0 Å². The summed E-state index contributed by atoms with van der Waals surface area (Å²) in [5, 5.41) is 0. The first-order valence-corrected chi connectivity index (χ1v) is 7.33. The molecule has 1 fully saturated rings. The predicted molar refractivity (Wildman–Crippen MR) is 77.9 cm³/mol. The molecule has 0 aliphatic carbocycles. The van der Waals surface area contributed by atoms with E-state index in [1.54, 1.807) is 31.3 Å². The Morgan fingerprint density at radius 1 is 1.10 bits per heavy atom. The van der Waals surface area contributed by atoms with Gasteiger partial charge in [0.2, 0.25) is 0 Å². The molecule has 1 N–H and O–H groups in total. The number of piperidine rings is 1. The normalized spacial score (nSPS) is 15.9. The molecule has 4 heteroatoms. The standard InChI is InChI=1S/C16H23NO3/c1-19-15-7-6-13(12-16(15)20-2)14(18)8-11-17-9-4-3-5-10-17/h6-7,12H,3-5,8-11H2,1-2H3/p+1. The summed E-state index contributed by atoms with van der Waals surface area (Å²) in [5.41, 5.74) is 0.707. The smallest absolute Gasteiger partial charge is 0.168 e. The summed E-state index contributed by atoms with van der Waals surface area (Å²) in [4.78, 5) is 13.8. The van der Waals surface area contributed by atoms with Crippen LogP contribution in [0.2, 0.25) is 0 Å². The Bertz CT molecular complexity index is 453. The third-order valence-corrected chi connectivity index (χ3v) is 3.97. The minimum Gasteiger partial charge on any atom is -0.493 e. The molecule has 0 saturated carbocycles. The monoisotopic (exact) mass is 278 g/mol. The molecule has 20 heavy (non-hydrogen) atoms. The summed E-state index contributed by atoms with van der Waals surface area (Å²) in [6.45, 7) is 3.35. The lowest BCUT2D eigenvalue weighted by atomic mass is 10.1. The molecule has 0 bridgehead atoms. The lowest BCUT2D eigenvalue weighted by Crippen LogP contribution is -3.12. The maximum absolute atomic E-state index is 12.2. The van der Waals surface area contributed by atoms with Crippen molar-refractivity contribution in [1.29, 1.82) is 0 Å². The van der Waals surface area contributed by atoms with Crippen LogP contribution in [0.1, 0.15) is 36.0 Å². The highest BCUT2D eigenvalue weighted by Crippen LogP contribution is 2.27. The molecule has 0 atom stereocenters. The van der Waals surface area contributed by atoms with Crippen LogP contribution in [0.15, 0.2) is 18.2 Å². The zero-order chi connectivity index (χ0) is 14.4. The number of carbonyl (C=O) groups is 1. The van der Waals surface area contributed by atoms with E-state index in [-0.39, 0.29) is 5.78 Å². The molecule has 2 rings (SSSR count). The van der Waals surface area contributed by atoms with E-state index in [1.807, 2.05) is 6.07 Å². The molecular weight excluding hydrogens is 254 g/mol. The fourth-order valence-electron chi connectivity index (χ4n) is 2.75. The molecule has 0 spiro atoms. The number of ether oxygens (including phenoxy) is 2. The fraction of sp³-hybridized carbons (Fsp3) is 0.562. The lowest BCUT2D eigenvalue weighted by Gasteiger charge is -2.23. The van der Waals surface area contributed by atoms with E-state index in [4.69, 9.17) is 9.47 Å². The van der Waals surface area contributed by atoms with Gasteiger partial charge >= 0.3 is 0 Å². The number of nitrogens with one attached hydrogen (secondary N) is 1. The number of Topliss-reactive ketones (excluding diaryl/α,β-unsaturated/α-hetero) is 1. The number of hydrogen-bond donors (Lipinski definition) is 1. The van der Waals surface area contributed by atoms with Crippen molar-refractivity contribution in [3.63, 3.8) is 0 Å². The summed E-state index contributed by atoms with van der Waals surface area (Å²) in [7, 11) is 3.18. The Morgan fingerprint density at radius 3 is 2.45 bits per heavy atom. The first-order chi connectivity index (χ1) is 9.74. The van der Waals surface area contributed by atoms with Crippen molar-refractivity contribution in [2.24, 2.45) is 0 Å². The Kier molecular flexibility index (Phi) is 5.41. The highest BCUT2D eigenvalue weighted by atomic mass is 16.5. The third-order valence-electron chi connectivity index (χ3n) is 3.97. The number of quaternary nitrogens is 1. The summed E-state index contributed by atoms with van der Waals surface area (Å²) < 4.78 is 10.4. The molecule has 1 heterocycles. The van der Waals surface area contributed by atoms with Gasteiger partial charge < -0.3 is 14.4 Å². The van der Waals surface area contributed by atoms with Gasteiger partial charge in [-0.3, -0.25) is 4.79 Å². The number of rotatable bonds is 6. The van der Waals surface area contributed by atoms with Gasteiger partial charge in [-0.05, 0) is 37.5 Å². The number of ketones is 1. The molecule has 0 amide bonds. The van der Waals surface area contributed by atoms with Gasteiger partial charge in [0, 0.05) is 5.56 Å². The zero-order valence-corrected chi connectivity index (χ0v) is 12.4. The van der Waals surface area contributed by atoms with Gasteiger partial charge in [-0.25, -0.2) is 0 Å². The Balaban J connectivity index is 1.94. The molecule has 0 aromatic heterocycles. The van der Waals surface area contributed by atoms with Gasteiger partial charge in [-0.15, -0.1) is 0 Å². The van der Waals surface area contributed by atoms with Gasteiger partial charge in [0.25, 0.3) is 0 Å². The maximum Gasteiger partial charge on any atom is 0.168 e. The molecule has 1 aromatic rings. The lowest BCUT2D eigenvalue weighted by molar-refractivity contribution is -0.904. The topological polar surface area (TPSA) is 40.0 Å². The molecular formula is C16H24NO3+. The first kappa shape index (κ1) is 14.9.